The first-order valence-corrected chi connectivity index (χ1v) is 16.1. The number of ether oxygens (including phenoxy) is 2. The van der Waals surface area contributed by atoms with E-state index in [1.165, 1.54) is 23.3 Å². The number of carbonyl (C=O) groups is 2. The topological polar surface area (TPSA) is 76.1 Å². The van der Waals surface area contributed by atoms with Gasteiger partial charge in [-0.05, 0) is 148 Å². The fourth-order valence-corrected chi connectivity index (χ4v) is 6.63. The molecule has 0 saturated heterocycles. The van der Waals surface area contributed by atoms with Gasteiger partial charge in [0.2, 0.25) is 0 Å². The minimum atomic E-state index is -0.500. The van der Waals surface area contributed by atoms with Crippen LogP contribution in [0.25, 0.3) is 11.1 Å². The van der Waals surface area contributed by atoms with E-state index in [0.717, 1.165) is 57.5 Å². The number of nitrogens with zero attached hydrogens (tertiary/aromatic N) is 1. The zero-order valence-electron chi connectivity index (χ0n) is 27.5. The smallest absolute Gasteiger partial charge is 0.310 e. The van der Waals surface area contributed by atoms with E-state index in [4.69, 9.17) is 26.2 Å². The predicted octanol–water partition coefficient (Wildman–Crippen LogP) is 7.52. The number of halogens is 2. The first-order valence-electron chi connectivity index (χ1n) is 15.7. The van der Waals surface area contributed by atoms with E-state index in [-0.39, 0.29) is 18.3 Å². The Bertz CT molecular complexity index is 1590. The van der Waals surface area contributed by atoms with E-state index in [2.05, 4.69) is 20.8 Å². The van der Waals surface area contributed by atoms with Gasteiger partial charge in [-0.1, -0.05) is 17.7 Å². The van der Waals surface area contributed by atoms with Crippen LogP contribution in [-0.2, 0) is 35.2 Å². The molecule has 0 aliphatic carbocycles. The number of rotatable bonds is 5. The van der Waals surface area contributed by atoms with Crippen LogP contribution in [0.2, 0.25) is 5.02 Å². The molecule has 8 heteroatoms. The Labute approximate surface area is 271 Å². The van der Waals surface area contributed by atoms with Gasteiger partial charge in [-0.15, -0.1) is 0 Å². The molecule has 2 aliphatic rings. The third-order valence-corrected chi connectivity index (χ3v) is 8.63. The summed E-state index contributed by atoms with van der Waals surface area (Å²) >= 11 is 6.77. The normalized spacial score (nSPS) is 14.3. The van der Waals surface area contributed by atoms with Gasteiger partial charge in [-0.25, -0.2) is 4.39 Å². The molecule has 0 radical (unpaired) electrons. The standard InChI is InChI=1S/C33H35ClFNO4.C4H10O/c1-5-39-30(37)18-28-19(2)24-11-13-36(33(38)22-8-6-9-23(35)16-22)14-12-25(24)21(4)31(28)27-17-29(34)32-26(20(27)3)10-7-15-40-32;1-4(2,3)5/h6,8-9,16-17H,5,7,10-15,18H2,1-4H3;5H,1-3H3. The monoisotopic (exact) mass is 637 g/mol. The van der Waals surface area contributed by atoms with Gasteiger partial charge in [0.05, 0.1) is 30.3 Å². The fourth-order valence-electron chi connectivity index (χ4n) is 6.35. The quantitative estimate of drug-likeness (QED) is 0.293. The van der Waals surface area contributed by atoms with E-state index in [1.54, 1.807) is 37.8 Å². The molecule has 3 aromatic rings. The van der Waals surface area contributed by atoms with Gasteiger partial charge in [0, 0.05) is 18.7 Å². The molecule has 242 valence electrons. The minimum Gasteiger partial charge on any atom is -0.492 e. The molecule has 1 amide bonds. The molecule has 0 aromatic heterocycles. The summed E-state index contributed by atoms with van der Waals surface area (Å²) in [4.78, 5) is 27.9. The van der Waals surface area contributed by atoms with Crippen molar-refractivity contribution < 1.29 is 28.6 Å². The first-order chi connectivity index (χ1) is 21.2. The van der Waals surface area contributed by atoms with Crippen LogP contribution in [0, 0.1) is 26.6 Å². The lowest BCUT2D eigenvalue weighted by Gasteiger charge is -2.27. The van der Waals surface area contributed by atoms with Crippen LogP contribution in [0.15, 0.2) is 30.3 Å². The van der Waals surface area contributed by atoms with E-state index in [9.17, 15) is 14.0 Å². The summed E-state index contributed by atoms with van der Waals surface area (Å²) in [6, 6.07) is 7.82. The molecule has 0 bridgehead atoms. The Kier molecular flexibility index (Phi) is 11.0. The molecule has 0 spiro atoms. The van der Waals surface area contributed by atoms with Gasteiger partial charge in [0.1, 0.15) is 11.6 Å². The van der Waals surface area contributed by atoms with Crippen molar-refractivity contribution in [2.45, 2.75) is 86.2 Å². The molecule has 0 fully saturated rings. The predicted molar refractivity (Wildman–Crippen MR) is 177 cm³/mol. The van der Waals surface area contributed by atoms with Crippen LogP contribution < -0.4 is 4.74 Å². The zero-order chi connectivity index (χ0) is 33.1. The highest BCUT2D eigenvalue weighted by Gasteiger charge is 2.29. The molecule has 0 atom stereocenters. The molecule has 0 unspecified atom stereocenters. The van der Waals surface area contributed by atoms with Gasteiger partial charge >= 0.3 is 5.97 Å². The molecule has 45 heavy (non-hydrogen) atoms. The lowest BCUT2D eigenvalue weighted by atomic mass is 9.80. The molecular formula is C37H45ClFNO5. The van der Waals surface area contributed by atoms with Crippen LogP contribution >= 0.6 is 11.6 Å². The summed E-state index contributed by atoms with van der Waals surface area (Å²) in [5.74, 6) is -0.107. The molecule has 0 saturated carbocycles. The number of aliphatic hydroxyl groups is 1. The van der Waals surface area contributed by atoms with Gasteiger partial charge < -0.3 is 19.5 Å². The number of hydrogen-bond acceptors (Lipinski definition) is 5. The zero-order valence-corrected chi connectivity index (χ0v) is 28.3. The van der Waals surface area contributed by atoms with Crippen molar-refractivity contribution in [3.63, 3.8) is 0 Å². The van der Waals surface area contributed by atoms with Crippen molar-refractivity contribution in [3.05, 3.63) is 85.7 Å². The third kappa shape index (κ3) is 8.06. The van der Waals surface area contributed by atoms with Crippen molar-refractivity contribution in [3.8, 4) is 16.9 Å². The second-order valence-corrected chi connectivity index (χ2v) is 13.2. The first kappa shape index (κ1) is 34.5. The maximum absolute atomic E-state index is 13.8. The SMILES string of the molecule is CC(C)(C)O.CCOC(=O)Cc1c(C)c2c(c(C)c1-c1cc(Cl)c3c(c1C)CCCO3)CCN(C(=O)c1cccc(F)c1)CC2. The van der Waals surface area contributed by atoms with Gasteiger partial charge in [-0.3, -0.25) is 9.59 Å². The average molecular weight is 638 g/mol. The number of carbonyl (C=O) groups excluding carboxylic acids is 2. The lowest BCUT2D eigenvalue weighted by Crippen LogP contribution is -2.33. The van der Waals surface area contributed by atoms with Crippen molar-refractivity contribution in [1.82, 2.24) is 4.90 Å². The Morgan fingerprint density at radius 1 is 1.00 bits per heavy atom. The number of fused-ring (bicyclic) bond motifs is 2. The number of amides is 1. The summed E-state index contributed by atoms with van der Waals surface area (Å²) in [5, 5.41) is 9.10. The van der Waals surface area contributed by atoms with Crippen molar-refractivity contribution >= 4 is 23.5 Å². The van der Waals surface area contributed by atoms with Crippen molar-refractivity contribution in [2.75, 3.05) is 26.3 Å². The lowest BCUT2D eigenvalue weighted by molar-refractivity contribution is -0.142. The highest BCUT2D eigenvalue weighted by atomic mass is 35.5. The molecule has 5 rings (SSSR count). The number of benzene rings is 3. The molecule has 3 aromatic carbocycles. The third-order valence-electron chi connectivity index (χ3n) is 8.35. The van der Waals surface area contributed by atoms with Crippen molar-refractivity contribution in [2.24, 2.45) is 0 Å². The summed E-state index contributed by atoms with van der Waals surface area (Å²) in [6.07, 6.45) is 3.29. The molecule has 1 N–H and O–H groups in total. The minimum absolute atomic E-state index is 0.152. The molecular weight excluding hydrogens is 593 g/mol. The van der Waals surface area contributed by atoms with Crippen LogP contribution in [0.5, 0.6) is 5.75 Å². The Morgan fingerprint density at radius 2 is 1.64 bits per heavy atom. The average Bonchev–Trinajstić information content (AvgIpc) is 3.21. The maximum atomic E-state index is 13.8. The van der Waals surface area contributed by atoms with Gasteiger partial charge in [-0.2, -0.15) is 0 Å². The summed E-state index contributed by atoms with van der Waals surface area (Å²) < 4.78 is 25.2. The number of esters is 1. The van der Waals surface area contributed by atoms with Crippen LogP contribution in [0.4, 0.5) is 4.39 Å². The Hall–Kier alpha value is -3.42. The maximum Gasteiger partial charge on any atom is 0.310 e. The van der Waals surface area contributed by atoms with E-state index in [1.807, 2.05) is 13.0 Å². The largest absolute Gasteiger partial charge is 0.492 e. The number of hydrogen-bond donors (Lipinski definition) is 1. The van der Waals surface area contributed by atoms with E-state index in [0.29, 0.717) is 49.7 Å². The summed E-state index contributed by atoms with van der Waals surface area (Å²) in [5.41, 5.74) is 9.55. The highest BCUT2D eigenvalue weighted by Crippen LogP contribution is 2.44. The van der Waals surface area contributed by atoms with Gasteiger partial charge in [0.15, 0.2) is 0 Å². The van der Waals surface area contributed by atoms with Crippen molar-refractivity contribution in [1.29, 1.82) is 0 Å². The van der Waals surface area contributed by atoms with Gasteiger partial charge in [0.25, 0.3) is 5.91 Å². The molecule has 2 aliphatic heterocycles. The fraction of sp³-hybridized carbons (Fsp3) is 0.459. The molecule has 2 heterocycles. The summed E-state index contributed by atoms with van der Waals surface area (Å²) in [6.45, 7) is 15.3. The highest BCUT2D eigenvalue weighted by molar-refractivity contribution is 6.32. The Balaban J connectivity index is 0.000000854. The van der Waals surface area contributed by atoms with E-state index < -0.39 is 11.4 Å². The Morgan fingerprint density at radius 3 is 2.27 bits per heavy atom. The van der Waals surface area contributed by atoms with Crippen LogP contribution in [0.3, 0.4) is 0 Å². The molecule has 6 nitrogen and oxygen atoms in total. The second kappa shape index (κ2) is 14.3. The summed E-state index contributed by atoms with van der Waals surface area (Å²) in [7, 11) is 0. The van der Waals surface area contributed by atoms with Crippen LogP contribution in [-0.4, -0.2) is 53.8 Å². The van der Waals surface area contributed by atoms with E-state index >= 15 is 0 Å². The van der Waals surface area contributed by atoms with Crippen LogP contribution in [0.1, 0.15) is 83.4 Å². The second-order valence-electron chi connectivity index (χ2n) is 12.8.